The lowest BCUT2D eigenvalue weighted by Crippen LogP contribution is -2.32. The maximum Gasteiger partial charge on any atom is 0.408 e. The van der Waals surface area contributed by atoms with Crippen molar-refractivity contribution >= 4 is 23.4 Å². The first kappa shape index (κ1) is 15.4. The van der Waals surface area contributed by atoms with Crippen molar-refractivity contribution in [3.05, 3.63) is 15.6 Å². The minimum atomic E-state index is -0.542. The summed E-state index contributed by atoms with van der Waals surface area (Å²) in [6.45, 7) is 7.30. The van der Waals surface area contributed by atoms with Crippen molar-refractivity contribution in [3.8, 4) is 0 Å². The van der Waals surface area contributed by atoms with E-state index < -0.39 is 17.7 Å². The molecule has 0 aliphatic heterocycles. The highest BCUT2D eigenvalue weighted by Gasteiger charge is 2.18. The zero-order chi connectivity index (χ0) is 14.6. The fourth-order valence-electron chi connectivity index (χ4n) is 1.27. The molecule has 0 bridgehead atoms. The first-order valence-electron chi connectivity index (χ1n) is 5.74. The molecule has 1 rings (SSSR count). The first-order valence-corrected chi connectivity index (χ1v) is 6.56. The lowest BCUT2D eigenvalue weighted by atomic mass is 10.2. The Bertz CT molecular complexity index is 477. The highest BCUT2D eigenvalue weighted by atomic mass is 32.1. The van der Waals surface area contributed by atoms with Crippen molar-refractivity contribution < 1.29 is 19.1 Å². The monoisotopic (exact) mass is 286 g/mol. The first-order chi connectivity index (χ1) is 8.73. The number of carbonyl (C=O) groups is 2. The van der Waals surface area contributed by atoms with E-state index in [0.717, 1.165) is 0 Å². The molecule has 1 aromatic rings. The summed E-state index contributed by atoms with van der Waals surface area (Å²) in [4.78, 5) is 27.5. The van der Waals surface area contributed by atoms with Gasteiger partial charge >= 0.3 is 12.1 Å². The SMILES string of the molecule is COC(=O)c1sc(CNC(=O)OC(C)(C)C)nc1C. The number of ether oxygens (including phenoxy) is 2. The average molecular weight is 286 g/mol. The quantitative estimate of drug-likeness (QED) is 0.862. The zero-order valence-electron chi connectivity index (χ0n) is 11.7. The van der Waals surface area contributed by atoms with Crippen LogP contribution in [0.25, 0.3) is 0 Å². The van der Waals surface area contributed by atoms with Gasteiger partial charge in [-0.15, -0.1) is 11.3 Å². The Balaban J connectivity index is 2.60. The van der Waals surface area contributed by atoms with Gasteiger partial charge in [0, 0.05) is 0 Å². The number of nitrogens with one attached hydrogen (secondary N) is 1. The van der Waals surface area contributed by atoms with Crippen LogP contribution in [-0.2, 0) is 16.0 Å². The smallest absolute Gasteiger partial charge is 0.408 e. The summed E-state index contributed by atoms with van der Waals surface area (Å²) >= 11 is 1.20. The van der Waals surface area contributed by atoms with Gasteiger partial charge in [-0.05, 0) is 27.7 Å². The Labute approximate surface area is 116 Å². The number of aromatic nitrogens is 1. The number of thiazole rings is 1. The van der Waals surface area contributed by atoms with Gasteiger partial charge in [0.05, 0.1) is 19.3 Å². The largest absolute Gasteiger partial charge is 0.465 e. The Morgan fingerprint density at radius 2 is 2.00 bits per heavy atom. The van der Waals surface area contributed by atoms with E-state index in [4.69, 9.17) is 4.74 Å². The average Bonchev–Trinajstić information content (AvgIpc) is 2.65. The molecule has 0 radical (unpaired) electrons. The van der Waals surface area contributed by atoms with E-state index >= 15 is 0 Å². The fourth-order valence-corrected chi connectivity index (χ4v) is 2.19. The molecule has 1 N–H and O–H groups in total. The molecule has 0 saturated heterocycles. The maximum absolute atomic E-state index is 11.5. The molecule has 7 heteroatoms. The molecule has 0 unspecified atom stereocenters. The summed E-state index contributed by atoms with van der Waals surface area (Å²) < 4.78 is 9.74. The predicted octanol–water partition coefficient (Wildman–Crippen LogP) is 2.26. The van der Waals surface area contributed by atoms with Crippen LogP contribution in [0.4, 0.5) is 4.79 Å². The van der Waals surface area contributed by atoms with E-state index in [-0.39, 0.29) is 6.54 Å². The van der Waals surface area contributed by atoms with E-state index in [9.17, 15) is 9.59 Å². The summed E-state index contributed by atoms with van der Waals surface area (Å²) in [6, 6.07) is 0. The van der Waals surface area contributed by atoms with Crippen LogP contribution in [0.1, 0.15) is 41.1 Å². The van der Waals surface area contributed by atoms with Gasteiger partial charge in [-0.2, -0.15) is 0 Å². The van der Waals surface area contributed by atoms with Gasteiger partial charge in [0.25, 0.3) is 0 Å². The minimum absolute atomic E-state index is 0.220. The van der Waals surface area contributed by atoms with E-state index in [1.54, 1.807) is 27.7 Å². The number of amides is 1. The highest BCUT2D eigenvalue weighted by Crippen LogP contribution is 2.19. The molecular weight excluding hydrogens is 268 g/mol. The minimum Gasteiger partial charge on any atom is -0.465 e. The molecule has 6 nitrogen and oxygen atoms in total. The summed E-state index contributed by atoms with van der Waals surface area (Å²) in [7, 11) is 1.32. The van der Waals surface area contributed by atoms with Gasteiger partial charge in [-0.1, -0.05) is 0 Å². The second-order valence-corrected chi connectivity index (χ2v) is 5.95. The molecular formula is C12H18N2O4S. The lowest BCUT2D eigenvalue weighted by molar-refractivity contribution is 0.0522. The number of aryl methyl sites for hydroxylation is 1. The van der Waals surface area contributed by atoms with Crippen LogP contribution in [0.5, 0.6) is 0 Å². The van der Waals surface area contributed by atoms with Gasteiger partial charge in [0.1, 0.15) is 15.5 Å². The maximum atomic E-state index is 11.5. The molecule has 1 amide bonds. The van der Waals surface area contributed by atoms with Crippen LogP contribution in [0, 0.1) is 6.92 Å². The Hall–Kier alpha value is -1.63. The molecule has 0 aliphatic carbocycles. The second kappa shape index (κ2) is 6.01. The zero-order valence-corrected chi connectivity index (χ0v) is 12.5. The normalized spacial score (nSPS) is 11.0. The van der Waals surface area contributed by atoms with Crippen LogP contribution >= 0.6 is 11.3 Å². The molecule has 1 aromatic heterocycles. The third-order valence-electron chi connectivity index (χ3n) is 1.99. The number of hydrogen-bond acceptors (Lipinski definition) is 6. The van der Waals surface area contributed by atoms with Crippen LogP contribution in [-0.4, -0.2) is 29.8 Å². The van der Waals surface area contributed by atoms with Crippen molar-refractivity contribution in [1.82, 2.24) is 10.3 Å². The highest BCUT2D eigenvalue weighted by molar-refractivity contribution is 7.13. The second-order valence-electron chi connectivity index (χ2n) is 4.87. The molecule has 106 valence electrons. The van der Waals surface area contributed by atoms with Gasteiger partial charge in [-0.25, -0.2) is 14.6 Å². The van der Waals surface area contributed by atoms with Crippen molar-refractivity contribution in [2.75, 3.05) is 7.11 Å². The van der Waals surface area contributed by atoms with E-state index in [2.05, 4.69) is 15.0 Å². The number of carbonyl (C=O) groups excluding carboxylic acids is 2. The number of rotatable bonds is 3. The van der Waals surface area contributed by atoms with Crippen LogP contribution in [0.3, 0.4) is 0 Å². The van der Waals surface area contributed by atoms with Crippen molar-refractivity contribution in [2.45, 2.75) is 39.8 Å². The predicted molar refractivity (Wildman–Crippen MR) is 71.3 cm³/mol. The van der Waals surface area contributed by atoms with Gasteiger partial charge in [0.15, 0.2) is 0 Å². The Morgan fingerprint density at radius 3 is 2.53 bits per heavy atom. The van der Waals surface area contributed by atoms with Crippen molar-refractivity contribution in [1.29, 1.82) is 0 Å². The van der Waals surface area contributed by atoms with Gasteiger partial charge in [-0.3, -0.25) is 0 Å². The Kier molecular flexibility index (Phi) is 4.88. The number of methoxy groups -OCH3 is 1. The molecule has 0 aliphatic rings. The third kappa shape index (κ3) is 4.86. The van der Waals surface area contributed by atoms with Gasteiger partial charge in [0.2, 0.25) is 0 Å². The summed E-state index contributed by atoms with van der Waals surface area (Å²) in [5.74, 6) is -0.418. The standard InChI is InChI=1S/C12H18N2O4S/c1-7-9(10(15)17-5)19-8(14-7)6-13-11(16)18-12(2,3)4/h6H2,1-5H3,(H,13,16). The van der Waals surface area contributed by atoms with Crippen molar-refractivity contribution in [3.63, 3.8) is 0 Å². The van der Waals surface area contributed by atoms with Crippen LogP contribution in [0.15, 0.2) is 0 Å². The molecule has 0 spiro atoms. The van der Waals surface area contributed by atoms with E-state index in [1.165, 1.54) is 18.4 Å². The Morgan fingerprint density at radius 1 is 1.37 bits per heavy atom. The molecule has 19 heavy (non-hydrogen) atoms. The summed E-state index contributed by atoms with van der Waals surface area (Å²) in [5.41, 5.74) is 0.0536. The number of nitrogens with zero attached hydrogens (tertiary/aromatic N) is 1. The summed E-state index contributed by atoms with van der Waals surface area (Å²) in [5, 5.41) is 3.22. The molecule has 0 atom stereocenters. The molecule has 1 heterocycles. The molecule has 0 fully saturated rings. The van der Waals surface area contributed by atoms with E-state index in [1.807, 2.05) is 0 Å². The summed E-state index contributed by atoms with van der Waals surface area (Å²) in [6.07, 6.45) is -0.514. The number of hydrogen-bond donors (Lipinski definition) is 1. The van der Waals surface area contributed by atoms with Crippen LogP contribution in [0.2, 0.25) is 0 Å². The van der Waals surface area contributed by atoms with Crippen LogP contribution < -0.4 is 5.32 Å². The molecule has 0 aromatic carbocycles. The lowest BCUT2D eigenvalue weighted by Gasteiger charge is -2.19. The van der Waals surface area contributed by atoms with E-state index in [0.29, 0.717) is 15.6 Å². The number of esters is 1. The third-order valence-corrected chi connectivity index (χ3v) is 3.13. The van der Waals surface area contributed by atoms with Crippen molar-refractivity contribution in [2.24, 2.45) is 0 Å². The number of alkyl carbamates (subject to hydrolysis) is 1. The fraction of sp³-hybridized carbons (Fsp3) is 0.583. The molecule has 0 saturated carbocycles. The van der Waals surface area contributed by atoms with Gasteiger partial charge < -0.3 is 14.8 Å². The topological polar surface area (TPSA) is 77.5 Å².